The summed E-state index contributed by atoms with van der Waals surface area (Å²) in [5, 5.41) is 4.03. The molecule has 1 heterocycles. The van der Waals surface area contributed by atoms with E-state index in [1.807, 2.05) is 18.0 Å². The topological polar surface area (TPSA) is 24.9 Å². The minimum atomic E-state index is 0.704. The van der Waals surface area contributed by atoms with Crippen LogP contribution >= 0.6 is 11.8 Å². The molecule has 2 nitrogen and oxygen atoms in total. The molecule has 0 fully saturated rings. The van der Waals surface area contributed by atoms with E-state index in [1.165, 1.54) is 5.56 Å². The lowest BCUT2D eigenvalue weighted by molar-refractivity contribution is 0.642. The second-order valence-corrected chi connectivity index (χ2v) is 6.10. The van der Waals surface area contributed by atoms with E-state index in [-0.39, 0.29) is 0 Å². The molecule has 0 spiro atoms. The van der Waals surface area contributed by atoms with Gasteiger partial charge in [0.2, 0.25) is 0 Å². The predicted molar refractivity (Wildman–Crippen MR) is 78.6 cm³/mol. The van der Waals surface area contributed by atoms with Crippen LogP contribution in [0, 0.1) is 5.92 Å². The summed E-state index contributed by atoms with van der Waals surface area (Å²) in [6.07, 6.45) is 3.03. The summed E-state index contributed by atoms with van der Waals surface area (Å²) in [6, 6.07) is 4.27. The van der Waals surface area contributed by atoms with Crippen LogP contribution < -0.4 is 5.32 Å². The molecule has 0 amide bonds. The Morgan fingerprint density at radius 1 is 1.35 bits per heavy atom. The van der Waals surface area contributed by atoms with Crippen LogP contribution in [-0.2, 0) is 5.75 Å². The Balaban J connectivity index is 2.48. The van der Waals surface area contributed by atoms with Gasteiger partial charge in [-0.3, -0.25) is 0 Å². The van der Waals surface area contributed by atoms with E-state index in [0.29, 0.717) is 5.25 Å². The Morgan fingerprint density at radius 2 is 2.12 bits per heavy atom. The number of hydrogen-bond donors (Lipinski definition) is 1. The number of hydrogen-bond acceptors (Lipinski definition) is 3. The number of thioether (sulfide) groups is 1. The van der Waals surface area contributed by atoms with Crippen molar-refractivity contribution in [2.45, 2.75) is 45.1 Å². The van der Waals surface area contributed by atoms with Gasteiger partial charge in [0.05, 0.1) is 0 Å². The number of anilines is 1. The molecular formula is C14H24N2S. The quantitative estimate of drug-likeness (QED) is 0.788. The van der Waals surface area contributed by atoms with E-state index in [2.05, 4.69) is 50.1 Å². The van der Waals surface area contributed by atoms with Crippen LogP contribution in [0.2, 0.25) is 0 Å². The highest BCUT2D eigenvalue weighted by atomic mass is 32.2. The van der Waals surface area contributed by atoms with Crippen molar-refractivity contribution in [3.05, 3.63) is 23.9 Å². The molecule has 0 radical (unpaired) electrons. The maximum absolute atomic E-state index is 4.32. The van der Waals surface area contributed by atoms with Crippen LogP contribution in [0.5, 0.6) is 0 Å². The van der Waals surface area contributed by atoms with Crippen LogP contribution in [-0.4, -0.2) is 16.8 Å². The van der Waals surface area contributed by atoms with Crippen molar-refractivity contribution in [1.82, 2.24) is 4.98 Å². The van der Waals surface area contributed by atoms with Gasteiger partial charge in [-0.25, -0.2) is 4.98 Å². The molecule has 0 bridgehead atoms. The fourth-order valence-electron chi connectivity index (χ4n) is 1.33. The van der Waals surface area contributed by atoms with Gasteiger partial charge >= 0.3 is 0 Å². The molecule has 0 aromatic carbocycles. The van der Waals surface area contributed by atoms with Gasteiger partial charge in [0.15, 0.2) is 0 Å². The van der Waals surface area contributed by atoms with Gasteiger partial charge in [-0.15, -0.1) is 0 Å². The summed E-state index contributed by atoms with van der Waals surface area (Å²) < 4.78 is 0. The molecule has 17 heavy (non-hydrogen) atoms. The van der Waals surface area contributed by atoms with Crippen molar-refractivity contribution in [3.8, 4) is 0 Å². The highest BCUT2D eigenvalue weighted by molar-refractivity contribution is 7.99. The summed E-state index contributed by atoms with van der Waals surface area (Å²) in [5.74, 6) is 2.81. The predicted octanol–water partition coefficient (Wildman–Crippen LogP) is 4.18. The molecule has 0 aliphatic rings. The zero-order valence-corrected chi connectivity index (χ0v) is 12.2. The first-order valence-corrected chi connectivity index (χ1v) is 7.48. The first kappa shape index (κ1) is 14.4. The molecule has 3 heteroatoms. The SMILES string of the molecule is CCCNc1cc(CSC(C)C(C)C)ccn1. The smallest absolute Gasteiger partial charge is 0.126 e. The molecule has 1 N–H and O–H groups in total. The Hall–Kier alpha value is -0.700. The highest BCUT2D eigenvalue weighted by Crippen LogP contribution is 2.23. The third-order valence-electron chi connectivity index (χ3n) is 2.83. The van der Waals surface area contributed by atoms with E-state index in [9.17, 15) is 0 Å². The molecule has 0 aliphatic carbocycles. The fraction of sp³-hybridized carbons (Fsp3) is 0.643. The normalized spacial score (nSPS) is 12.8. The Morgan fingerprint density at radius 3 is 2.76 bits per heavy atom. The summed E-state index contributed by atoms with van der Waals surface area (Å²) >= 11 is 2.01. The van der Waals surface area contributed by atoms with Crippen molar-refractivity contribution >= 4 is 17.6 Å². The number of nitrogens with zero attached hydrogens (tertiary/aromatic N) is 1. The summed E-state index contributed by atoms with van der Waals surface area (Å²) in [7, 11) is 0. The average Bonchev–Trinajstić information content (AvgIpc) is 2.33. The lowest BCUT2D eigenvalue weighted by Crippen LogP contribution is -2.06. The first-order chi connectivity index (χ1) is 8.13. The Kier molecular flexibility index (Phi) is 6.41. The first-order valence-electron chi connectivity index (χ1n) is 6.44. The van der Waals surface area contributed by atoms with E-state index in [0.717, 1.165) is 30.5 Å². The number of nitrogens with one attached hydrogen (secondary N) is 1. The monoisotopic (exact) mass is 252 g/mol. The molecular weight excluding hydrogens is 228 g/mol. The molecule has 1 aromatic rings. The van der Waals surface area contributed by atoms with Gasteiger partial charge in [0, 0.05) is 23.7 Å². The van der Waals surface area contributed by atoms with Gasteiger partial charge < -0.3 is 5.32 Å². The third kappa shape index (κ3) is 5.44. The number of aromatic nitrogens is 1. The second kappa shape index (κ2) is 7.59. The number of pyridine rings is 1. The van der Waals surface area contributed by atoms with Crippen molar-refractivity contribution in [2.24, 2.45) is 5.92 Å². The van der Waals surface area contributed by atoms with Gasteiger partial charge in [0.25, 0.3) is 0 Å². The minimum absolute atomic E-state index is 0.704. The summed E-state index contributed by atoms with van der Waals surface area (Å²) in [6.45, 7) is 10.0. The second-order valence-electron chi connectivity index (χ2n) is 4.74. The standard InChI is InChI=1S/C14H24N2S/c1-5-7-15-14-9-13(6-8-16-14)10-17-12(4)11(2)3/h6,8-9,11-12H,5,7,10H2,1-4H3,(H,15,16). The zero-order chi connectivity index (χ0) is 12.7. The highest BCUT2D eigenvalue weighted by Gasteiger charge is 2.07. The van der Waals surface area contributed by atoms with Crippen molar-refractivity contribution < 1.29 is 0 Å². The van der Waals surface area contributed by atoms with Gasteiger partial charge in [-0.1, -0.05) is 27.7 Å². The van der Waals surface area contributed by atoms with Crippen LogP contribution in [0.1, 0.15) is 39.7 Å². The largest absolute Gasteiger partial charge is 0.370 e. The van der Waals surface area contributed by atoms with Crippen LogP contribution in [0.4, 0.5) is 5.82 Å². The lowest BCUT2D eigenvalue weighted by Gasteiger charge is -2.15. The van der Waals surface area contributed by atoms with E-state index < -0.39 is 0 Å². The minimum Gasteiger partial charge on any atom is -0.370 e. The molecule has 1 atom stereocenters. The molecule has 96 valence electrons. The maximum atomic E-state index is 4.32. The van der Waals surface area contributed by atoms with Crippen molar-refractivity contribution in [1.29, 1.82) is 0 Å². The maximum Gasteiger partial charge on any atom is 0.126 e. The van der Waals surface area contributed by atoms with Crippen LogP contribution in [0.25, 0.3) is 0 Å². The van der Waals surface area contributed by atoms with Crippen LogP contribution in [0.15, 0.2) is 18.3 Å². The van der Waals surface area contributed by atoms with E-state index in [4.69, 9.17) is 0 Å². The molecule has 0 aliphatic heterocycles. The van der Waals surface area contributed by atoms with E-state index in [1.54, 1.807) is 0 Å². The fourth-order valence-corrected chi connectivity index (χ4v) is 2.35. The summed E-state index contributed by atoms with van der Waals surface area (Å²) in [5.41, 5.74) is 1.36. The zero-order valence-electron chi connectivity index (χ0n) is 11.4. The molecule has 1 aromatic heterocycles. The summed E-state index contributed by atoms with van der Waals surface area (Å²) in [4.78, 5) is 4.32. The molecule has 0 saturated carbocycles. The molecule has 1 unspecified atom stereocenters. The Bertz CT molecular complexity index is 326. The average molecular weight is 252 g/mol. The lowest BCUT2D eigenvalue weighted by atomic mass is 10.2. The van der Waals surface area contributed by atoms with Crippen LogP contribution in [0.3, 0.4) is 0 Å². The van der Waals surface area contributed by atoms with Crippen molar-refractivity contribution in [3.63, 3.8) is 0 Å². The van der Waals surface area contributed by atoms with Crippen molar-refractivity contribution in [2.75, 3.05) is 11.9 Å². The van der Waals surface area contributed by atoms with E-state index >= 15 is 0 Å². The Labute approximate surface area is 110 Å². The van der Waals surface area contributed by atoms with Gasteiger partial charge in [0.1, 0.15) is 5.82 Å². The van der Waals surface area contributed by atoms with Gasteiger partial charge in [-0.05, 0) is 30.0 Å². The molecule has 1 rings (SSSR count). The van der Waals surface area contributed by atoms with Gasteiger partial charge in [-0.2, -0.15) is 11.8 Å². The third-order valence-corrected chi connectivity index (χ3v) is 4.40. The molecule has 0 saturated heterocycles. The number of rotatable bonds is 7.